The fraction of sp³-hybridized carbons (Fsp3) is 1.00. The van der Waals surface area contributed by atoms with E-state index in [9.17, 15) is 8.42 Å². The monoisotopic (exact) mass is 192 g/mol. The van der Waals surface area contributed by atoms with Crippen LogP contribution in [0.1, 0.15) is 20.3 Å². The summed E-state index contributed by atoms with van der Waals surface area (Å²) in [5, 5.41) is 2.80. The first-order chi connectivity index (χ1) is 5.52. The number of hydrogen-bond donors (Lipinski definition) is 2. The van der Waals surface area contributed by atoms with Gasteiger partial charge in [-0.1, -0.05) is 0 Å². The lowest BCUT2D eigenvalue weighted by atomic mass is 10.4. The summed E-state index contributed by atoms with van der Waals surface area (Å²) in [6.07, 6.45) is 0.724. The highest BCUT2D eigenvalue weighted by Crippen LogP contribution is 2.08. The van der Waals surface area contributed by atoms with E-state index in [0.29, 0.717) is 6.54 Å². The second-order valence-corrected chi connectivity index (χ2v) is 5.42. The highest BCUT2D eigenvalue weighted by atomic mass is 32.2. The Hall–Kier alpha value is -0.130. The molecule has 1 atom stereocenters. The topological polar surface area (TPSA) is 58.2 Å². The third kappa shape index (κ3) is 2.43. The van der Waals surface area contributed by atoms with Crippen LogP contribution in [0.25, 0.3) is 0 Å². The van der Waals surface area contributed by atoms with Gasteiger partial charge in [-0.15, -0.1) is 0 Å². The minimum Gasteiger partial charge on any atom is -0.315 e. The smallest absolute Gasteiger partial charge is 0.216 e. The van der Waals surface area contributed by atoms with E-state index in [1.165, 1.54) is 0 Å². The highest BCUT2D eigenvalue weighted by Gasteiger charge is 2.28. The summed E-state index contributed by atoms with van der Waals surface area (Å²) < 4.78 is 25.6. The molecule has 0 bridgehead atoms. The molecule has 0 aromatic rings. The van der Waals surface area contributed by atoms with Crippen molar-refractivity contribution in [3.05, 3.63) is 0 Å². The van der Waals surface area contributed by atoms with Gasteiger partial charge in [0.05, 0.1) is 5.25 Å². The van der Waals surface area contributed by atoms with Gasteiger partial charge in [0.1, 0.15) is 0 Å². The Bertz CT molecular complexity index is 230. The van der Waals surface area contributed by atoms with Crippen LogP contribution >= 0.6 is 0 Å². The zero-order valence-corrected chi connectivity index (χ0v) is 8.32. The molecule has 1 aliphatic rings. The molecule has 1 saturated heterocycles. The van der Waals surface area contributed by atoms with Gasteiger partial charge in [-0.25, -0.2) is 13.1 Å². The lowest BCUT2D eigenvalue weighted by Gasteiger charge is -2.13. The Morgan fingerprint density at radius 3 is 2.58 bits per heavy atom. The maximum atomic E-state index is 11.5. The third-order valence-electron chi connectivity index (χ3n) is 1.85. The second kappa shape index (κ2) is 3.72. The van der Waals surface area contributed by atoms with Crippen LogP contribution in [0.4, 0.5) is 0 Å². The molecule has 1 aliphatic heterocycles. The number of hydrogen-bond acceptors (Lipinski definition) is 3. The van der Waals surface area contributed by atoms with Gasteiger partial charge in [-0.2, -0.15) is 0 Å². The van der Waals surface area contributed by atoms with E-state index in [4.69, 9.17) is 0 Å². The SMILES string of the molecule is CC(C)NS(=O)(=O)[C@H]1CCNC1. The molecular weight excluding hydrogens is 176 g/mol. The minimum absolute atomic E-state index is 0.00407. The maximum Gasteiger partial charge on any atom is 0.216 e. The van der Waals surface area contributed by atoms with Gasteiger partial charge in [0.2, 0.25) is 10.0 Å². The summed E-state index contributed by atoms with van der Waals surface area (Å²) in [6, 6.07) is -0.00407. The molecule has 0 saturated carbocycles. The largest absolute Gasteiger partial charge is 0.315 e. The van der Waals surface area contributed by atoms with E-state index in [0.717, 1.165) is 13.0 Å². The van der Waals surface area contributed by atoms with Crippen LogP contribution < -0.4 is 10.0 Å². The van der Waals surface area contributed by atoms with Crippen LogP contribution in [-0.4, -0.2) is 32.8 Å². The molecule has 5 heteroatoms. The highest BCUT2D eigenvalue weighted by molar-refractivity contribution is 7.90. The molecule has 0 unspecified atom stereocenters. The summed E-state index contributed by atoms with van der Waals surface area (Å²) in [5.74, 6) is 0. The van der Waals surface area contributed by atoms with E-state index >= 15 is 0 Å². The van der Waals surface area contributed by atoms with Crippen LogP contribution in [0.15, 0.2) is 0 Å². The van der Waals surface area contributed by atoms with Crippen molar-refractivity contribution in [2.45, 2.75) is 31.6 Å². The summed E-state index contributed by atoms with van der Waals surface area (Å²) in [6.45, 7) is 5.06. The van der Waals surface area contributed by atoms with Crippen LogP contribution in [0, 0.1) is 0 Å². The summed E-state index contributed by atoms with van der Waals surface area (Å²) in [5.41, 5.74) is 0. The zero-order chi connectivity index (χ0) is 9.19. The maximum absolute atomic E-state index is 11.5. The van der Waals surface area contributed by atoms with Crippen molar-refractivity contribution in [1.29, 1.82) is 0 Å². The average molecular weight is 192 g/mol. The number of nitrogens with one attached hydrogen (secondary N) is 2. The Balaban J connectivity index is 2.58. The fourth-order valence-electron chi connectivity index (χ4n) is 1.32. The second-order valence-electron chi connectivity index (χ2n) is 3.43. The van der Waals surface area contributed by atoms with Gasteiger partial charge >= 0.3 is 0 Å². The first-order valence-electron chi connectivity index (χ1n) is 4.24. The standard InChI is InChI=1S/C7H16N2O2S/c1-6(2)9-12(10,11)7-3-4-8-5-7/h6-9H,3-5H2,1-2H3/t7-/m0/s1. The van der Waals surface area contributed by atoms with Crippen LogP contribution in [0.3, 0.4) is 0 Å². The van der Waals surface area contributed by atoms with E-state index < -0.39 is 10.0 Å². The van der Waals surface area contributed by atoms with Gasteiger partial charge in [0.25, 0.3) is 0 Å². The van der Waals surface area contributed by atoms with Crippen molar-refractivity contribution in [1.82, 2.24) is 10.0 Å². The molecule has 0 aliphatic carbocycles. The van der Waals surface area contributed by atoms with Gasteiger partial charge in [-0.3, -0.25) is 0 Å². The molecule has 12 heavy (non-hydrogen) atoms. The fourth-order valence-corrected chi connectivity index (χ4v) is 2.93. The van der Waals surface area contributed by atoms with E-state index in [1.807, 2.05) is 13.8 Å². The molecule has 4 nitrogen and oxygen atoms in total. The molecule has 1 rings (SSSR count). The lowest BCUT2D eigenvalue weighted by molar-refractivity contribution is 0.556. The first kappa shape index (κ1) is 9.95. The predicted molar refractivity (Wildman–Crippen MR) is 48.5 cm³/mol. The van der Waals surface area contributed by atoms with Crippen molar-refractivity contribution < 1.29 is 8.42 Å². The van der Waals surface area contributed by atoms with Gasteiger partial charge in [-0.05, 0) is 26.8 Å². The third-order valence-corrected chi connectivity index (χ3v) is 3.93. The summed E-state index contributed by atoms with van der Waals surface area (Å²) in [4.78, 5) is 0. The van der Waals surface area contributed by atoms with E-state index in [-0.39, 0.29) is 11.3 Å². The number of sulfonamides is 1. The van der Waals surface area contributed by atoms with Gasteiger partial charge < -0.3 is 5.32 Å². The van der Waals surface area contributed by atoms with Crippen LogP contribution in [0.5, 0.6) is 0 Å². The predicted octanol–water partition coefficient (Wildman–Crippen LogP) is -0.324. The normalized spacial score (nSPS) is 25.1. The van der Waals surface area contributed by atoms with Crippen molar-refractivity contribution in [3.63, 3.8) is 0 Å². The molecule has 0 spiro atoms. The molecular formula is C7H16N2O2S. The van der Waals surface area contributed by atoms with Crippen molar-refractivity contribution >= 4 is 10.0 Å². The van der Waals surface area contributed by atoms with Crippen molar-refractivity contribution in [2.24, 2.45) is 0 Å². The molecule has 0 amide bonds. The molecule has 72 valence electrons. The lowest BCUT2D eigenvalue weighted by Crippen LogP contribution is -2.39. The molecule has 0 aromatic carbocycles. The Kier molecular flexibility index (Phi) is 3.09. The molecule has 2 N–H and O–H groups in total. The van der Waals surface area contributed by atoms with Gasteiger partial charge in [0, 0.05) is 12.6 Å². The Morgan fingerprint density at radius 2 is 2.17 bits per heavy atom. The van der Waals surface area contributed by atoms with Crippen molar-refractivity contribution in [3.8, 4) is 0 Å². The number of rotatable bonds is 3. The average Bonchev–Trinajstić information content (AvgIpc) is 2.32. The van der Waals surface area contributed by atoms with E-state index in [2.05, 4.69) is 10.0 Å². The quantitative estimate of drug-likeness (QED) is 0.644. The molecule has 0 radical (unpaired) electrons. The van der Waals surface area contributed by atoms with Crippen LogP contribution in [0.2, 0.25) is 0 Å². The molecule has 1 heterocycles. The van der Waals surface area contributed by atoms with Gasteiger partial charge in [0.15, 0.2) is 0 Å². The summed E-state index contributed by atoms with van der Waals surface area (Å²) in [7, 11) is -3.07. The first-order valence-corrected chi connectivity index (χ1v) is 5.79. The van der Waals surface area contributed by atoms with E-state index in [1.54, 1.807) is 0 Å². The minimum atomic E-state index is -3.07. The Labute approximate surface area is 73.8 Å². The Morgan fingerprint density at radius 1 is 1.50 bits per heavy atom. The van der Waals surface area contributed by atoms with Crippen molar-refractivity contribution in [2.75, 3.05) is 13.1 Å². The van der Waals surface area contributed by atoms with Crippen LogP contribution in [-0.2, 0) is 10.0 Å². The summed E-state index contributed by atoms with van der Waals surface area (Å²) >= 11 is 0. The molecule has 1 fully saturated rings. The molecule has 0 aromatic heterocycles. The zero-order valence-electron chi connectivity index (χ0n) is 7.50.